The van der Waals surface area contributed by atoms with Crippen molar-refractivity contribution in [2.24, 2.45) is 0 Å². The maximum Gasteiger partial charge on any atom is 0.354 e. The van der Waals surface area contributed by atoms with Crippen LogP contribution in [0.4, 0.5) is 4.39 Å². The van der Waals surface area contributed by atoms with Crippen molar-refractivity contribution in [2.75, 3.05) is 13.7 Å². The first-order valence-corrected chi connectivity index (χ1v) is 8.44. The summed E-state index contributed by atoms with van der Waals surface area (Å²) in [6.45, 7) is 11.9. The van der Waals surface area contributed by atoms with Gasteiger partial charge in [-0.15, -0.1) is 0 Å². The zero-order valence-corrected chi connectivity index (χ0v) is 15.7. The van der Waals surface area contributed by atoms with E-state index in [0.717, 1.165) is 16.7 Å². The van der Waals surface area contributed by atoms with E-state index in [9.17, 15) is 9.18 Å². The van der Waals surface area contributed by atoms with Gasteiger partial charge < -0.3 is 9.64 Å². The molecule has 0 spiro atoms. The molecule has 1 aromatic rings. The SMILES string of the molecule is C=C/C(CN(C=C)/C(=C\CC)C(=O)OC)=C(\C=C/C)c1ccc(F)cc1. The molecule has 0 fully saturated rings. The highest BCUT2D eigenvalue weighted by atomic mass is 19.1. The van der Waals surface area contributed by atoms with Crippen molar-refractivity contribution in [3.05, 3.63) is 90.6 Å². The lowest BCUT2D eigenvalue weighted by molar-refractivity contribution is -0.137. The fraction of sp³-hybridized carbons (Fsp3) is 0.227. The van der Waals surface area contributed by atoms with Crippen LogP contribution < -0.4 is 0 Å². The first-order valence-electron chi connectivity index (χ1n) is 8.44. The zero-order chi connectivity index (χ0) is 19.5. The van der Waals surface area contributed by atoms with Crippen molar-refractivity contribution in [2.45, 2.75) is 20.3 Å². The third-order valence-electron chi connectivity index (χ3n) is 3.74. The predicted molar refractivity (Wildman–Crippen MR) is 106 cm³/mol. The van der Waals surface area contributed by atoms with Gasteiger partial charge in [-0.05, 0) is 48.4 Å². The minimum Gasteiger partial charge on any atom is -0.464 e. The number of hydrogen-bond acceptors (Lipinski definition) is 3. The minimum absolute atomic E-state index is 0.291. The molecule has 0 saturated carbocycles. The van der Waals surface area contributed by atoms with Gasteiger partial charge in [0.05, 0.1) is 7.11 Å². The third-order valence-corrected chi connectivity index (χ3v) is 3.74. The normalized spacial score (nSPS) is 12.5. The predicted octanol–water partition coefficient (Wildman–Crippen LogP) is 5.25. The number of carbonyl (C=O) groups is 1. The Morgan fingerprint density at radius 2 is 1.92 bits per heavy atom. The van der Waals surface area contributed by atoms with E-state index in [1.165, 1.54) is 19.2 Å². The Morgan fingerprint density at radius 3 is 2.38 bits per heavy atom. The van der Waals surface area contributed by atoms with E-state index in [1.807, 2.05) is 26.0 Å². The Bertz CT molecular complexity index is 727. The second kappa shape index (κ2) is 10.9. The second-order valence-corrected chi connectivity index (χ2v) is 5.45. The van der Waals surface area contributed by atoms with Crippen LogP contribution in [0, 0.1) is 5.82 Å². The number of carbonyl (C=O) groups excluding carboxylic acids is 1. The summed E-state index contributed by atoms with van der Waals surface area (Å²) in [7, 11) is 1.35. The Kier molecular flexibility index (Phi) is 8.85. The number of benzene rings is 1. The molecule has 1 rings (SSSR count). The van der Waals surface area contributed by atoms with Gasteiger partial charge in [-0.2, -0.15) is 0 Å². The monoisotopic (exact) mass is 355 g/mol. The van der Waals surface area contributed by atoms with Crippen LogP contribution in [0.3, 0.4) is 0 Å². The maximum absolute atomic E-state index is 13.3. The topological polar surface area (TPSA) is 29.5 Å². The maximum atomic E-state index is 13.3. The quantitative estimate of drug-likeness (QED) is 0.344. The van der Waals surface area contributed by atoms with Gasteiger partial charge in [0.15, 0.2) is 0 Å². The molecule has 0 amide bonds. The lowest BCUT2D eigenvalue weighted by Gasteiger charge is -2.23. The molecular weight excluding hydrogens is 329 g/mol. The largest absolute Gasteiger partial charge is 0.464 e. The Morgan fingerprint density at radius 1 is 1.27 bits per heavy atom. The van der Waals surface area contributed by atoms with Crippen molar-refractivity contribution in [3.63, 3.8) is 0 Å². The smallest absolute Gasteiger partial charge is 0.354 e. The van der Waals surface area contributed by atoms with E-state index < -0.39 is 5.97 Å². The highest BCUT2D eigenvalue weighted by molar-refractivity contribution is 5.88. The third kappa shape index (κ3) is 5.59. The average Bonchev–Trinajstić information content (AvgIpc) is 2.66. The Hall–Kier alpha value is -2.88. The van der Waals surface area contributed by atoms with Gasteiger partial charge in [0, 0.05) is 6.54 Å². The van der Waals surface area contributed by atoms with Crippen molar-refractivity contribution < 1.29 is 13.9 Å². The first-order chi connectivity index (χ1) is 12.5. The van der Waals surface area contributed by atoms with Crippen LogP contribution in [0.25, 0.3) is 5.57 Å². The summed E-state index contributed by atoms with van der Waals surface area (Å²) < 4.78 is 18.1. The molecule has 0 aliphatic heterocycles. The molecule has 0 radical (unpaired) electrons. The van der Waals surface area contributed by atoms with Crippen LogP contribution >= 0.6 is 0 Å². The molecule has 0 aliphatic rings. The summed E-state index contributed by atoms with van der Waals surface area (Å²) in [6, 6.07) is 6.27. The van der Waals surface area contributed by atoms with Gasteiger partial charge >= 0.3 is 5.97 Å². The number of hydrogen-bond donors (Lipinski definition) is 0. The molecule has 0 aromatic heterocycles. The van der Waals surface area contributed by atoms with Gasteiger partial charge in [-0.1, -0.05) is 56.5 Å². The van der Waals surface area contributed by atoms with Crippen molar-refractivity contribution in [1.29, 1.82) is 0 Å². The van der Waals surface area contributed by atoms with Crippen molar-refractivity contribution >= 4 is 11.5 Å². The Balaban J connectivity index is 3.38. The summed E-state index contributed by atoms with van der Waals surface area (Å²) in [5.41, 5.74) is 3.06. The zero-order valence-electron chi connectivity index (χ0n) is 15.7. The number of nitrogens with zero attached hydrogens (tertiary/aromatic N) is 1. The van der Waals surface area contributed by atoms with Crippen molar-refractivity contribution in [3.8, 4) is 0 Å². The van der Waals surface area contributed by atoms with Gasteiger partial charge in [-0.25, -0.2) is 9.18 Å². The summed E-state index contributed by atoms with van der Waals surface area (Å²) >= 11 is 0. The van der Waals surface area contributed by atoms with Gasteiger partial charge in [0.25, 0.3) is 0 Å². The van der Waals surface area contributed by atoms with Crippen molar-refractivity contribution in [1.82, 2.24) is 4.90 Å². The summed E-state index contributed by atoms with van der Waals surface area (Å²) in [6.07, 6.45) is 9.63. The lowest BCUT2D eigenvalue weighted by Crippen LogP contribution is -2.25. The number of esters is 1. The number of halogens is 1. The first kappa shape index (κ1) is 21.2. The highest BCUT2D eigenvalue weighted by Gasteiger charge is 2.17. The van der Waals surface area contributed by atoms with Gasteiger partial charge in [0.2, 0.25) is 0 Å². The van der Waals surface area contributed by atoms with Crippen LogP contribution in [0.1, 0.15) is 25.8 Å². The molecule has 0 atom stereocenters. The van der Waals surface area contributed by atoms with E-state index in [2.05, 4.69) is 13.2 Å². The summed E-state index contributed by atoms with van der Waals surface area (Å²) in [4.78, 5) is 13.8. The standard InChI is InChI=1S/C22H26FNO2/c1-6-10-20(18-12-14-19(23)15-13-18)17(8-3)16-24(9-4)21(11-7-2)22(25)26-5/h6,8-15H,3-4,7,16H2,1-2,5H3/b10-6-,20-17-,21-11-. The van der Waals surface area contributed by atoms with E-state index in [0.29, 0.717) is 18.7 Å². The summed E-state index contributed by atoms with van der Waals surface area (Å²) in [5.74, 6) is -0.718. The molecule has 0 unspecified atom stereocenters. The lowest BCUT2D eigenvalue weighted by atomic mass is 9.98. The average molecular weight is 355 g/mol. The van der Waals surface area contributed by atoms with Crippen LogP contribution in [-0.4, -0.2) is 24.5 Å². The number of methoxy groups -OCH3 is 1. The van der Waals surface area contributed by atoms with Crippen LogP contribution in [0.15, 0.2) is 79.2 Å². The van der Waals surface area contributed by atoms with Gasteiger partial charge in [0.1, 0.15) is 11.5 Å². The van der Waals surface area contributed by atoms with Crippen LogP contribution in [0.2, 0.25) is 0 Å². The molecule has 1 aromatic carbocycles. The molecule has 4 heteroatoms. The summed E-state index contributed by atoms with van der Waals surface area (Å²) in [5, 5.41) is 0. The number of allylic oxidation sites excluding steroid dienone is 4. The van der Waals surface area contributed by atoms with Gasteiger partial charge in [-0.3, -0.25) is 0 Å². The number of ether oxygens (including phenoxy) is 1. The molecule has 0 bridgehead atoms. The van der Waals surface area contributed by atoms with E-state index in [-0.39, 0.29) is 5.82 Å². The van der Waals surface area contributed by atoms with Crippen LogP contribution in [-0.2, 0) is 9.53 Å². The highest BCUT2D eigenvalue weighted by Crippen LogP contribution is 2.24. The second-order valence-electron chi connectivity index (χ2n) is 5.45. The van der Waals surface area contributed by atoms with E-state index >= 15 is 0 Å². The number of rotatable bonds is 9. The molecule has 0 aliphatic carbocycles. The molecule has 0 N–H and O–H groups in total. The molecule has 0 heterocycles. The van der Waals surface area contributed by atoms with E-state index in [1.54, 1.807) is 35.4 Å². The minimum atomic E-state index is -0.426. The Labute approximate surface area is 155 Å². The molecule has 3 nitrogen and oxygen atoms in total. The van der Waals surface area contributed by atoms with Crippen LogP contribution in [0.5, 0.6) is 0 Å². The van der Waals surface area contributed by atoms with E-state index in [4.69, 9.17) is 4.74 Å². The molecule has 0 saturated heterocycles. The molecule has 26 heavy (non-hydrogen) atoms. The fourth-order valence-corrected chi connectivity index (χ4v) is 2.49. The molecular formula is C22H26FNO2. The fourth-order valence-electron chi connectivity index (χ4n) is 2.49. The molecule has 138 valence electrons.